The highest BCUT2D eigenvalue weighted by molar-refractivity contribution is 5.79. The lowest BCUT2D eigenvalue weighted by molar-refractivity contribution is 0.0945. The van der Waals surface area contributed by atoms with Crippen LogP contribution in [0.4, 0.5) is 0 Å². The number of ether oxygens (including phenoxy) is 1. The summed E-state index contributed by atoms with van der Waals surface area (Å²) in [6, 6.07) is 11.2. The number of aliphatic imine (C=N–C) groups is 1. The van der Waals surface area contributed by atoms with Gasteiger partial charge >= 0.3 is 0 Å². The highest BCUT2D eigenvalue weighted by Crippen LogP contribution is 2.31. The average molecular weight is 373 g/mol. The Kier molecular flexibility index (Phi) is 7.96. The van der Waals surface area contributed by atoms with Gasteiger partial charge in [0.05, 0.1) is 13.2 Å². The zero-order chi connectivity index (χ0) is 18.9. The highest BCUT2D eigenvalue weighted by Gasteiger charge is 2.34. The molecular weight excluding hydrogens is 336 g/mol. The van der Waals surface area contributed by atoms with Gasteiger partial charge < -0.3 is 20.3 Å². The van der Waals surface area contributed by atoms with Gasteiger partial charge in [-0.25, -0.2) is 0 Å². The third kappa shape index (κ3) is 7.15. The van der Waals surface area contributed by atoms with E-state index in [1.807, 2.05) is 6.07 Å². The molecule has 1 aliphatic carbocycles. The standard InChI is InChI=1S/C22H36N4O/c1-3-23-22(25-14-20-11-12-26(15-20)21-9-10-21)24-13-18(2)16-27-17-19-7-5-4-6-8-19/h4-8,18,20-21H,3,9-17H2,1-2H3,(H2,23,24,25). The summed E-state index contributed by atoms with van der Waals surface area (Å²) in [5.74, 6) is 2.10. The van der Waals surface area contributed by atoms with E-state index in [1.54, 1.807) is 0 Å². The zero-order valence-corrected chi connectivity index (χ0v) is 17.0. The minimum absolute atomic E-state index is 0.404. The van der Waals surface area contributed by atoms with Gasteiger partial charge in [0.15, 0.2) is 5.96 Å². The molecule has 2 atom stereocenters. The molecule has 5 nitrogen and oxygen atoms in total. The Labute approximate surface area is 164 Å². The zero-order valence-electron chi connectivity index (χ0n) is 17.0. The van der Waals surface area contributed by atoms with Crippen LogP contribution >= 0.6 is 0 Å². The number of rotatable bonds is 10. The van der Waals surface area contributed by atoms with Gasteiger partial charge in [-0.05, 0) is 50.1 Å². The lowest BCUT2D eigenvalue weighted by Crippen LogP contribution is -2.40. The van der Waals surface area contributed by atoms with Crippen LogP contribution in [0.5, 0.6) is 0 Å². The molecule has 1 saturated heterocycles. The third-order valence-electron chi connectivity index (χ3n) is 5.36. The van der Waals surface area contributed by atoms with E-state index in [-0.39, 0.29) is 0 Å². The summed E-state index contributed by atoms with van der Waals surface area (Å²) >= 11 is 0. The molecule has 0 radical (unpaired) electrons. The summed E-state index contributed by atoms with van der Waals surface area (Å²) < 4.78 is 5.84. The van der Waals surface area contributed by atoms with E-state index in [9.17, 15) is 0 Å². The third-order valence-corrected chi connectivity index (χ3v) is 5.36. The van der Waals surface area contributed by atoms with Crippen molar-refractivity contribution < 1.29 is 4.74 Å². The van der Waals surface area contributed by atoms with Gasteiger partial charge in [0.2, 0.25) is 0 Å². The number of nitrogens with one attached hydrogen (secondary N) is 2. The normalized spacial score (nSPS) is 22.0. The number of hydrogen-bond acceptors (Lipinski definition) is 3. The van der Waals surface area contributed by atoms with Crippen LogP contribution in [0.3, 0.4) is 0 Å². The van der Waals surface area contributed by atoms with E-state index in [1.165, 1.54) is 37.9 Å². The predicted molar refractivity (Wildman–Crippen MR) is 112 cm³/mol. The van der Waals surface area contributed by atoms with Crippen molar-refractivity contribution in [3.63, 3.8) is 0 Å². The highest BCUT2D eigenvalue weighted by atomic mass is 16.5. The van der Waals surface area contributed by atoms with Gasteiger partial charge in [-0.1, -0.05) is 37.3 Å². The summed E-state index contributed by atoms with van der Waals surface area (Å²) in [5.41, 5.74) is 1.22. The molecule has 1 heterocycles. The van der Waals surface area contributed by atoms with Gasteiger partial charge in [0.1, 0.15) is 0 Å². The summed E-state index contributed by atoms with van der Waals surface area (Å²) in [7, 11) is 0. The van der Waals surface area contributed by atoms with Gasteiger partial charge in [-0.3, -0.25) is 4.99 Å². The molecule has 1 saturated carbocycles. The molecule has 0 bridgehead atoms. The lowest BCUT2D eigenvalue weighted by Gasteiger charge is -2.17. The quantitative estimate of drug-likeness (QED) is 0.490. The molecule has 2 fully saturated rings. The van der Waals surface area contributed by atoms with E-state index in [0.29, 0.717) is 12.5 Å². The molecule has 2 N–H and O–H groups in total. The van der Waals surface area contributed by atoms with Crippen molar-refractivity contribution in [2.45, 2.75) is 45.8 Å². The largest absolute Gasteiger partial charge is 0.376 e. The van der Waals surface area contributed by atoms with E-state index >= 15 is 0 Å². The molecule has 2 unspecified atom stereocenters. The van der Waals surface area contributed by atoms with Crippen molar-refractivity contribution >= 4 is 5.96 Å². The van der Waals surface area contributed by atoms with Crippen LogP contribution in [-0.4, -0.2) is 56.2 Å². The lowest BCUT2D eigenvalue weighted by atomic mass is 10.1. The second kappa shape index (κ2) is 10.7. The Morgan fingerprint density at radius 1 is 1.22 bits per heavy atom. The molecule has 0 spiro atoms. The van der Waals surface area contributed by atoms with E-state index in [0.717, 1.165) is 44.2 Å². The first-order valence-electron chi connectivity index (χ1n) is 10.6. The van der Waals surface area contributed by atoms with E-state index in [2.05, 4.69) is 53.6 Å². The second-order valence-electron chi connectivity index (χ2n) is 8.09. The summed E-state index contributed by atoms with van der Waals surface area (Å²) in [6.07, 6.45) is 4.13. The van der Waals surface area contributed by atoms with Crippen molar-refractivity contribution in [3.8, 4) is 0 Å². The Balaban J connectivity index is 1.34. The first-order valence-corrected chi connectivity index (χ1v) is 10.6. The molecule has 5 heteroatoms. The van der Waals surface area contributed by atoms with E-state index in [4.69, 9.17) is 9.73 Å². The van der Waals surface area contributed by atoms with Crippen molar-refractivity contribution in [1.82, 2.24) is 15.5 Å². The van der Waals surface area contributed by atoms with Crippen molar-refractivity contribution in [1.29, 1.82) is 0 Å². The van der Waals surface area contributed by atoms with Crippen LogP contribution in [0.15, 0.2) is 35.3 Å². The number of guanidine groups is 1. The minimum Gasteiger partial charge on any atom is -0.376 e. The first-order chi connectivity index (χ1) is 13.2. The van der Waals surface area contributed by atoms with Crippen LogP contribution in [0.25, 0.3) is 0 Å². The molecule has 27 heavy (non-hydrogen) atoms. The maximum Gasteiger partial charge on any atom is 0.191 e. The Morgan fingerprint density at radius 2 is 2.04 bits per heavy atom. The maximum atomic E-state index is 5.84. The van der Waals surface area contributed by atoms with Crippen molar-refractivity contribution in [3.05, 3.63) is 35.9 Å². The Hall–Kier alpha value is -1.59. The van der Waals surface area contributed by atoms with E-state index < -0.39 is 0 Å². The Bertz CT molecular complexity index is 573. The fourth-order valence-electron chi connectivity index (χ4n) is 3.64. The van der Waals surface area contributed by atoms with Gasteiger partial charge in [-0.15, -0.1) is 0 Å². The second-order valence-corrected chi connectivity index (χ2v) is 8.09. The summed E-state index contributed by atoms with van der Waals surface area (Å²) in [5, 5.41) is 6.93. The molecule has 0 aromatic heterocycles. The number of hydrogen-bond donors (Lipinski definition) is 2. The number of likely N-dealkylation sites (tertiary alicyclic amines) is 1. The van der Waals surface area contributed by atoms with Crippen molar-refractivity contribution in [2.24, 2.45) is 16.8 Å². The molecular formula is C22H36N4O. The SMILES string of the molecule is CCNC(=NCC(C)COCc1ccccc1)NCC1CCN(C2CC2)C1. The topological polar surface area (TPSA) is 48.9 Å². The molecule has 3 rings (SSSR count). The predicted octanol–water partition coefficient (Wildman–Crippen LogP) is 2.88. The van der Waals surface area contributed by atoms with Gasteiger partial charge in [-0.2, -0.15) is 0 Å². The first kappa shape index (κ1) is 20.2. The molecule has 0 amide bonds. The number of nitrogens with zero attached hydrogens (tertiary/aromatic N) is 2. The maximum absolute atomic E-state index is 5.84. The molecule has 2 aliphatic rings. The average Bonchev–Trinajstić information content (AvgIpc) is 3.43. The molecule has 1 aromatic carbocycles. The molecule has 150 valence electrons. The smallest absolute Gasteiger partial charge is 0.191 e. The van der Waals surface area contributed by atoms with Crippen LogP contribution in [0.1, 0.15) is 38.7 Å². The fraction of sp³-hybridized carbons (Fsp3) is 0.682. The molecule has 1 aromatic rings. The minimum atomic E-state index is 0.404. The van der Waals surface area contributed by atoms with Crippen LogP contribution in [-0.2, 0) is 11.3 Å². The van der Waals surface area contributed by atoms with Crippen LogP contribution in [0.2, 0.25) is 0 Å². The molecule has 1 aliphatic heterocycles. The van der Waals surface area contributed by atoms with Crippen LogP contribution < -0.4 is 10.6 Å². The summed E-state index contributed by atoms with van der Waals surface area (Å²) in [4.78, 5) is 7.44. The Morgan fingerprint density at radius 3 is 2.78 bits per heavy atom. The monoisotopic (exact) mass is 372 g/mol. The number of benzene rings is 1. The van der Waals surface area contributed by atoms with Crippen LogP contribution in [0, 0.1) is 11.8 Å². The van der Waals surface area contributed by atoms with Gasteiger partial charge in [0, 0.05) is 32.2 Å². The van der Waals surface area contributed by atoms with Crippen molar-refractivity contribution in [2.75, 3.05) is 39.3 Å². The summed E-state index contributed by atoms with van der Waals surface area (Å²) in [6.45, 7) is 10.9. The fourth-order valence-corrected chi connectivity index (χ4v) is 3.64. The van der Waals surface area contributed by atoms with Gasteiger partial charge in [0.25, 0.3) is 0 Å².